The number of aliphatic hydroxyl groups excluding tert-OH is 1. The number of aliphatic hydroxyl groups is 1. The summed E-state index contributed by atoms with van der Waals surface area (Å²) in [4.78, 5) is 16.4. The molecule has 15 heteroatoms. The van der Waals surface area contributed by atoms with E-state index in [0.29, 0.717) is 31.6 Å². The van der Waals surface area contributed by atoms with Gasteiger partial charge in [0, 0.05) is 31.7 Å². The van der Waals surface area contributed by atoms with Crippen molar-refractivity contribution in [3.63, 3.8) is 0 Å². The van der Waals surface area contributed by atoms with Gasteiger partial charge in [-0.3, -0.25) is 9.79 Å². The Morgan fingerprint density at radius 3 is 2.73 bits per heavy atom. The fourth-order valence-electron chi connectivity index (χ4n) is 5.34. The smallest absolute Gasteiger partial charge is 0.248 e. The number of halogens is 1. The average molecular weight is 611 g/mol. The number of carbonyl (C=O) groups excluding carboxylic acids is 1. The summed E-state index contributed by atoms with van der Waals surface area (Å²) in [5.41, 5.74) is -0.228. The van der Waals surface area contributed by atoms with E-state index in [1.54, 1.807) is 6.07 Å². The maximum atomic E-state index is 13.7. The highest BCUT2D eigenvalue weighted by molar-refractivity contribution is 7.94. The molecule has 1 aliphatic carbocycles. The molecular formula is C26H31FN4O8S2. The normalized spacial score (nSPS) is 25.3. The van der Waals surface area contributed by atoms with Gasteiger partial charge in [0.25, 0.3) is 0 Å². The number of rotatable bonds is 9. The Bertz CT molecular complexity index is 1550. The van der Waals surface area contributed by atoms with Gasteiger partial charge in [0.15, 0.2) is 5.78 Å². The molecule has 1 unspecified atom stereocenters. The number of benzene rings is 1. The molecule has 1 aromatic carbocycles. The van der Waals surface area contributed by atoms with Gasteiger partial charge in [-0.05, 0) is 49.6 Å². The lowest BCUT2D eigenvalue weighted by atomic mass is 9.88. The Labute approximate surface area is 237 Å². The highest BCUT2D eigenvalue weighted by atomic mass is 32.2. The summed E-state index contributed by atoms with van der Waals surface area (Å²) in [7, 11) is -7.99. The van der Waals surface area contributed by atoms with E-state index < -0.39 is 54.2 Å². The van der Waals surface area contributed by atoms with Gasteiger partial charge < -0.3 is 19.9 Å². The number of piperidine rings is 1. The molecule has 0 aromatic heterocycles. The van der Waals surface area contributed by atoms with Crippen LogP contribution in [0, 0.1) is 5.92 Å². The highest BCUT2D eigenvalue weighted by Gasteiger charge is 2.46. The number of ether oxygens (including phenoxy) is 2. The molecule has 4 aliphatic rings. The second-order valence-corrected chi connectivity index (χ2v) is 13.9. The number of nitrogens with one attached hydrogen (secondary N) is 1. The molecule has 0 amide bonds. The summed E-state index contributed by atoms with van der Waals surface area (Å²) >= 11 is 0. The van der Waals surface area contributed by atoms with E-state index in [2.05, 4.69) is 10.3 Å². The first-order valence-corrected chi connectivity index (χ1v) is 16.0. The lowest BCUT2D eigenvalue weighted by Gasteiger charge is -2.38. The molecule has 0 radical (unpaired) electrons. The molecule has 3 aliphatic heterocycles. The Morgan fingerprint density at radius 2 is 2.00 bits per heavy atom. The molecule has 4 N–H and O–H groups in total. The van der Waals surface area contributed by atoms with Crippen LogP contribution in [0.4, 0.5) is 4.39 Å². The van der Waals surface area contributed by atoms with Crippen molar-refractivity contribution in [2.24, 2.45) is 16.0 Å². The van der Waals surface area contributed by atoms with Gasteiger partial charge in [-0.15, -0.1) is 0 Å². The van der Waals surface area contributed by atoms with E-state index in [1.165, 1.54) is 34.7 Å². The van der Waals surface area contributed by atoms with E-state index >= 15 is 0 Å². The van der Waals surface area contributed by atoms with Gasteiger partial charge in [-0.25, -0.2) is 26.4 Å². The number of ketones is 1. The molecule has 1 aromatic rings. The highest BCUT2D eigenvalue weighted by Crippen LogP contribution is 2.38. The van der Waals surface area contributed by atoms with Crippen LogP contribution < -0.4 is 15.2 Å². The minimum Gasteiger partial charge on any atom is -0.491 e. The van der Waals surface area contributed by atoms with Gasteiger partial charge in [0.2, 0.25) is 20.0 Å². The predicted octanol–water partition coefficient (Wildman–Crippen LogP) is 0.521. The van der Waals surface area contributed by atoms with E-state index in [4.69, 9.17) is 14.6 Å². The first kappa shape index (κ1) is 29.7. The molecule has 5 rings (SSSR count). The van der Waals surface area contributed by atoms with Gasteiger partial charge in [0.1, 0.15) is 29.2 Å². The summed E-state index contributed by atoms with van der Waals surface area (Å²) < 4.78 is 76.1. The molecule has 2 saturated heterocycles. The minimum absolute atomic E-state index is 0.0741. The van der Waals surface area contributed by atoms with E-state index in [1.807, 2.05) is 0 Å². The second kappa shape index (κ2) is 11.5. The van der Waals surface area contributed by atoms with Crippen LogP contribution in [0.2, 0.25) is 0 Å². The van der Waals surface area contributed by atoms with Crippen LogP contribution >= 0.6 is 0 Å². The number of aliphatic imine (C=N–C) groups is 1. The summed E-state index contributed by atoms with van der Waals surface area (Å²) in [6.45, 7) is 0.805. The number of Topliss-reactive ketones (excluding diaryl/α,β-unsaturated/α-hetero) is 1. The third-order valence-electron chi connectivity index (χ3n) is 7.59. The first-order chi connectivity index (χ1) is 19.4. The van der Waals surface area contributed by atoms with Crippen LogP contribution in [-0.2, 0) is 29.6 Å². The predicted molar refractivity (Wildman–Crippen MR) is 146 cm³/mol. The monoisotopic (exact) mass is 610 g/mol. The van der Waals surface area contributed by atoms with Gasteiger partial charge >= 0.3 is 0 Å². The zero-order valence-electron chi connectivity index (χ0n) is 22.0. The summed E-state index contributed by atoms with van der Waals surface area (Å²) in [5.74, 6) is -2.10. The third-order valence-corrected chi connectivity index (χ3v) is 10.4. The summed E-state index contributed by atoms with van der Waals surface area (Å²) in [6.07, 6.45) is 5.24. The van der Waals surface area contributed by atoms with Crippen LogP contribution in [-0.4, -0.2) is 88.3 Å². The van der Waals surface area contributed by atoms with Crippen molar-refractivity contribution in [1.82, 2.24) is 9.62 Å². The number of nitrogens with two attached hydrogens (primary N) is 1. The van der Waals surface area contributed by atoms with Crippen LogP contribution in [0.1, 0.15) is 19.3 Å². The number of sulfonamides is 2. The number of carbonyl (C=O) groups is 1. The average Bonchev–Trinajstić information content (AvgIpc) is 3.33. The van der Waals surface area contributed by atoms with Crippen LogP contribution in [0.5, 0.6) is 5.75 Å². The molecule has 41 heavy (non-hydrogen) atoms. The number of fused-ring (bicyclic) bond motifs is 1. The number of nitrogens with zero attached hydrogens (tertiary/aromatic N) is 2. The molecule has 0 saturated carbocycles. The lowest BCUT2D eigenvalue weighted by molar-refractivity contribution is -0.115. The molecule has 2 fully saturated rings. The van der Waals surface area contributed by atoms with Crippen molar-refractivity contribution in [2.45, 2.75) is 41.9 Å². The standard InChI is InChI=1S/C26H31FN4O8S2/c27-17-4-5-23-22(10-17)25(33)24(14-30-23)41(36,37)31-8-6-26(7-9-31)12-18(15-39-26)29-13-19(32)16-38-20-2-1-3-21(11-20)40(28,34)35/h1-5,10-11,14,18-19,22,29,32H,6-9,12-13,15-16H2,(H2,28,34,35)/t18-,19+,22?/m1/s1. The Morgan fingerprint density at radius 1 is 1.24 bits per heavy atom. The zero-order valence-corrected chi connectivity index (χ0v) is 23.6. The van der Waals surface area contributed by atoms with Crippen LogP contribution in [0.25, 0.3) is 0 Å². The second-order valence-electron chi connectivity index (χ2n) is 10.5. The van der Waals surface area contributed by atoms with Crippen molar-refractivity contribution >= 4 is 31.5 Å². The van der Waals surface area contributed by atoms with Gasteiger partial charge in [-0.2, -0.15) is 4.31 Å². The molecule has 1 spiro atoms. The number of allylic oxidation sites excluding steroid dienone is 5. The molecular weight excluding hydrogens is 579 g/mol. The fourth-order valence-corrected chi connectivity index (χ4v) is 7.40. The molecule has 0 bridgehead atoms. The lowest BCUT2D eigenvalue weighted by Crippen LogP contribution is -2.48. The van der Waals surface area contributed by atoms with E-state index in [9.17, 15) is 31.1 Å². The quantitative estimate of drug-likeness (QED) is 0.360. The van der Waals surface area contributed by atoms with Crippen molar-refractivity contribution in [1.29, 1.82) is 0 Å². The zero-order chi connectivity index (χ0) is 29.4. The van der Waals surface area contributed by atoms with Crippen molar-refractivity contribution < 1.29 is 40.6 Å². The van der Waals surface area contributed by atoms with Crippen LogP contribution in [0.15, 0.2) is 69.3 Å². The van der Waals surface area contributed by atoms with Crippen molar-refractivity contribution in [2.75, 3.05) is 32.8 Å². The topological polar surface area (TPSA) is 178 Å². The largest absolute Gasteiger partial charge is 0.491 e. The summed E-state index contributed by atoms with van der Waals surface area (Å²) in [6, 6.07) is 5.61. The maximum absolute atomic E-state index is 13.7. The minimum atomic E-state index is -4.12. The SMILES string of the molecule is NS(=O)(=O)c1cccc(OC[C@@H](O)CN[C@H]2COC3(CCN(S(=O)(=O)C4=CN=C5C=CC(F)=CC5C4=O)CC3)C2)c1. The fraction of sp³-hybridized carbons (Fsp3) is 0.462. The van der Waals surface area contributed by atoms with Gasteiger partial charge in [0.05, 0.1) is 34.9 Å². The summed E-state index contributed by atoms with van der Waals surface area (Å²) in [5, 5.41) is 18.7. The Kier molecular flexibility index (Phi) is 8.31. The number of primary sulfonamides is 1. The van der Waals surface area contributed by atoms with E-state index in [0.717, 1.165) is 12.3 Å². The molecule has 12 nitrogen and oxygen atoms in total. The molecule has 3 heterocycles. The third kappa shape index (κ3) is 6.51. The number of hydrogen-bond acceptors (Lipinski definition) is 10. The Balaban J connectivity index is 1.10. The maximum Gasteiger partial charge on any atom is 0.248 e. The first-order valence-electron chi connectivity index (χ1n) is 13.1. The van der Waals surface area contributed by atoms with Gasteiger partial charge in [-0.1, -0.05) is 6.07 Å². The Hall–Kier alpha value is -2.79. The van der Waals surface area contributed by atoms with Crippen molar-refractivity contribution in [3.8, 4) is 5.75 Å². The molecule has 3 atom stereocenters. The molecule has 222 valence electrons. The van der Waals surface area contributed by atoms with E-state index in [-0.39, 0.29) is 42.9 Å². The van der Waals surface area contributed by atoms with Crippen molar-refractivity contribution in [3.05, 3.63) is 59.4 Å². The van der Waals surface area contributed by atoms with Crippen LogP contribution in [0.3, 0.4) is 0 Å². The number of hydrogen-bond donors (Lipinski definition) is 3.